The van der Waals surface area contributed by atoms with Gasteiger partial charge in [-0.3, -0.25) is 0 Å². The molecule has 0 amide bonds. The monoisotopic (exact) mass is 204 g/mol. The Balaban J connectivity index is 2.94. The van der Waals surface area contributed by atoms with Gasteiger partial charge in [-0.05, 0) is 0 Å². The zero-order valence-corrected chi connectivity index (χ0v) is 6.34. The molecule has 0 aromatic heterocycles. The van der Waals surface area contributed by atoms with E-state index in [0.717, 1.165) is 0 Å². The van der Waals surface area contributed by atoms with Crippen molar-refractivity contribution in [1.82, 2.24) is 0 Å². The number of rotatable bonds is 1. The van der Waals surface area contributed by atoms with Gasteiger partial charge in [-0.2, -0.15) is 13.2 Å². The lowest BCUT2D eigenvalue weighted by atomic mass is 9.68. The highest BCUT2D eigenvalue weighted by Gasteiger charge is 2.80. The Morgan fingerprint density at radius 2 is 1.69 bits per heavy atom. The molecule has 0 spiro atoms. The summed E-state index contributed by atoms with van der Waals surface area (Å²) in [6.45, 7) is 2.91. The average molecular weight is 204 g/mol. The van der Waals surface area contributed by atoms with E-state index in [9.17, 15) is 26.3 Å². The third-order valence-electron chi connectivity index (χ3n) is 2.23. The first-order valence-electron chi connectivity index (χ1n) is 3.43. The Morgan fingerprint density at radius 3 is 1.92 bits per heavy atom. The van der Waals surface area contributed by atoms with Gasteiger partial charge >= 0.3 is 6.18 Å². The Hall–Kier alpha value is -0.680. The van der Waals surface area contributed by atoms with E-state index in [-0.39, 0.29) is 0 Å². The smallest absolute Gasteiger partial charge is 0.227 e. The lowest BCUT2D eigenvalue weighted by molar-refractivity contribution is -0.360. The van der Waals surface area contributed by atoms with E-state index >= 15 is 0 Å². The van der Waals surface area contributed by atoms with Gasteiger partial charge in [0.05, 0.1) is 0 Å². The molecule has 1 aliphatic rings. The normalized spacial score (nSPS) is 38.2. The standard InChI is InChI=1S/C7H6F6/c1-2-4-3-5(8,6(4,9)10)7(11,12)13/h2,4H,1,3H2. The van der Waals surface area contributed by atoms with Crippen LogP contribution < -0.4 is 0 Å². The van der Waals surface area contributed by atoms with Gasteiger partial charge in [0.15, 0.2) is 0 Å². The molecule has 0 saturated heterocycles. The Bertz CT molecular complexity index is 230. The number of halogens is 6. The fourth-order valence-corrected chi connectivity index (χ4v) is 1.27. The maximum absolute atomic E-state index is 12.7. The SMILES string of the molecule is C=CC1CC(F)(C(F)(F)F)C1(F)F. The summed E-state index contributed by atoms with van der Waals surface area (Å²) < 4.78 is 73.3. The van der Waals surface area contributed by atoms with Crippen molar-refractivity contribution in [2.24, 2.45) is 5.92 Å². The highest BCUT2D eigenvalue weighted by atomic mass is 19.4. The van der Waals surface area contributed by atoms with Crippen LogP contribution in [0.25, 0.3) is 0 Å². The van der Waals surface area contributed by atoms with E-state index in [2.05, 4.69) is 6.58 Å². The lowest BCUT2D eigenvalue weighted by Crippen LogP contribution is -2.68. The molecule has 2 atom stereocenters. The summed E-state index contributed by atoms with van der Waals surface area (Å²) in [6, 6.07) is 0. The van der Waals surface area contributed by atoms with Gasteiger partial charge in [-0.15, -0.1) is 6.58 Å². The molecule has 0 bridgehead atoms. The van der Waals surface area contributed by atoms with E-state index in [1.165, 1.54) is 0 Å². The quantitative estimate of drug-likeness (QED) is 0.454. The van der Waals surface area contributed by atoms with E-state index in [4.69, 9.17) is 0 Å². The van der Waals surface area contributed by atoms with Crippen LogP contribution >= 0.6 is 0 Å². The molecular weight excluding hydrogens is 198 g/mol. The lowest BCUT2D eigenvalue weighted by Gasteiger charge is -2.48. The average Bonchev–Trinajstić information content (AvgIpc) is 1.97. The molecular formula is C7H6F6. The molecule has 0 aliphatic heterocycles. The molecule has 13 heavy (non-hydrogen) atoms. The second kappa shape index (κ2) is 2.42. The maximum atomic E-state index is 12.7. The van der Waals surface area contributed by atoms with Crippen molar-refractivity contribution < 1.29 is 26.3 Å². The summed E-state index contributed by atoms with van der Waals surface area (Å²) >= 11 is 0. The number of allylic oxidation sites excluding steroid dienone is 1. The minimum Gasteiger partial charge on any atom is -0.227 e. The van der Waals surface area contributed by atoms with Crippen molar-refractivity contribution in [2.75, 3.05) is 0 Å². The van der Waals surface area contributed by atoms with Crippen LogP contribution in [0.15, 0.2) is 12.7 Å². The summed E-state index contributed by atoms with van der Waals surface area (Å²) in [6.07, 6.45) is -6.12. The first-order valence-corrected chi connectivity index (χ1v) is 3.43. The van der Waals surface area contributed by atoms with Crippen molar-refractivity contribution in [3.05, 3.63) is 12.7 Å². The van der Waals surface area contributed by atoms with Crippen LogP contribution in [0.5, 0.6) is 0 Å². The van der Waals surface area contributed by atoms with Gasteiger partial charge in [0.1, 0.15) is 0 Å². The first-order chi connectivity index (χ1) is 5.67. The van der Waals surface area contributed by atoms with Gasteiger partial charge in [-0.1, -0.05) is 6.08 Å². The van der Waals surface area contributed by atoms with E-state index in [1.807, 2.05) is 0 Å². The highest BCUT2D eigenvalue weighted by Crippen LogP contribution is 2.61. The van der Waals surface area contributed by atoms with E-state index in [0.29, 0.717) is 6.08 Å². The molecule has 0 heterocycles. The molecule has 1 fully saturated rings. The van der Waals surface area contributed by atoms with E-state index < -0.39 is 30.1 Å². The van der Waals surface area contributed by atoms with Gasteiger partial charge in [-0.25, -0.2) is 13.2 Å². The zero-order chi connectivity index (χ0) is 10.5. The summed E-state index contributed by atoms with van der Waals surface area (Å²) in [7, 11) is 0. The van der Waals surface area contributed by atoms with Gasteiger partial charge in [0.25, 0.3) is 11.6 Å². The van der Waals surface area contributed by atoms with Crippen LogP contribution in [0.2, 0.25) is 0 Å². The second-order valence-electron chi connectivity index (χ2n) is 2.97. The predicted molar refractivity (Wildman–Crippen MR) is 33.1 cm³/mol. The summed E-state index contributed by atoms with van der Waals surface area (Å²) in [4.78, 5) is 0. The highest BCUT2D eigenvalue weighted by molar-refractivity contribution is 5.17. The van der Waals surface area contributed by atoms with Gasteiger partial charge in [0, 0.05) is 12.3 Å². The minimum atomic E-state index is -5.52. The molecule has 0 aromatic rings. The zero-order valence-electron chi connectivity index (χ0n) is 6.34. The van der Waals surface area contributed by atoms with E-state index in [1.54, 1.807) is 0 Å². The Labute approximate surface area is 70.2 Å². The van der Waals surface area contributed by atoms with Crippen LogP contribution in [0.1, 0.15) is 6.42 Å². The molecule has 0 radical (unpaired) electrons. The summed E-state index contributed by atoms with van der Waals surface area (Å²) in [5.41, 5.74) is -4.38. The van der Waals surface area contributed by atoms with Crippen molar-refractivity contribution in [3.8, 4) is 0 Å². The number of hydrogen-bond acceptors (Lipinski definition) is 0. The molecule has 1 aliphatic carbocycles. The van der Waals surface area contributed by atoms with Crippen molar-refractivity contribution in [1.29, 1.82) is 0 Å². The van der Waals surface area contributed by atoms with Crippen molar-refractivity contribution in [2.45, 2.75) is 24.2 Å². The van der Waals surface area contributed by atoms with Gasteiger partial charge < -0.3 is 0 Å². The second-order valence-corrected chi connectivity index (χ2v) is 2.97. The molecule has 76 valence electrons. The third kappa shape index (κ3) is 1.07. The molecule has 6 heteroatoms. The predicted octanol–water partition coefficient (Wildman–Crippen LogP) is 3.10. The molecule has 0 aromatic carbocycles. The molecule has 1 saturated carbocycles. The number of hydrogen-bond donors (Lipinski definition) is 0. The van der Waals surface area contributed by atoms with Crippen LogP contribution in [0.3, 0.4) is 0 Å². The van der Waals surface area contributed by atoms with Crippen molar-refractivity contribution in [3.63, 3.8) is 0 Å². The maximum Gasteiger partial charge on any atom is 0.428 e. The fraction of sp³-hybridized carbons (Fsp3) is 0.714. The fourth-order valence-electron chi connectivity index (χ4n) is 1.27. The molecule has 1 rings (SSSR count). The van der Waals surface area contributed by atoms with Crippen LogP contribution in [0, 0.1) is 5.92 Å². The Kier molecular flexibility index (Phi) is 1.94. The summed E-state index contributed by atoms with van der Waals surface area (Å²) in [5, 5.41) is 0. The van der Waals surface area contributed by atoms with Crippen LogP contribution in [-0.4, -0.2) is 17.8 Å². The van der Waals surface area contributed by atoms with Crippen LogP contribution in [0.4, 0.5) is 26.3 Å². The third-order valence-corrected chi connectivity index (χ3v) is 2.23. The first kappa shape index (κ1) is 10.4. The molecule has 2 unspecified atom stereocenters. The number of alkyl halides is 6. The molecule has 0 nitrogen and oxygen atoms in total. The largest absolute Gasteiger partial charge is 0.428 e. The topological polar surface area (TPSA) is 0 Å². The minimum absolute atomic E-state index is 0.642. The summed E-state index contributed by atoms with van der Waals surface area (Å²) in [5.74, 6) is -6.10. The Morgan fingerprint density at radius 1 is 1.23 bits per heavy atom. The van der Waals surface area contributed by atoms with Gasteiger partial charge in [0.2, 0.25) is 0 Å². The van der Waals surface area contributed by atoms with Crippen LogP contribution in [-0.2, 0) is 0 Å². The van der Waals surface area contributed by atoms with Crippen molar-refractivity contribution >= 4 is 0 Å². The molecule has 0 N–H and O–H groups in total.